The van der Waals surface area contributed by atoms with E-state index in [0.717, 1.165) is 12.1 Å². The topological polar surface area (TPSA) is 38.0 Å². The van der Waals surface area contributed by atoms with E-state index in [4.69, 9.17) is 5.73 Å². The molecule has 0 unspecified atom stereocenters. The van der Waals surface area contributed by atoms with Gasteiger partial charge in [-0.1, -0.05) is 25.7 Å². The van der Waals surface area contributed by atoms with Crippen LogP contribution in [0, 0.1) is 0 Å². The van der Waals surface area contributed by atoms with Crippen LogP contribution >= 0.6 is 0 Å². The van der Waals surface area contributed by atoms with Crippen LogP contribution in [-0.2, 0) is 0 Å². The number of rotatable bonds is 2. The maximum atomic E-state index is 5.76. The second-order valence-electron chi connectivity index (χ2n) is 4.78. The van der Waals surface area contributed by atoms with Crippen molar-refractivity contribution < 1.29 is 0 Å². The molecule has 0 radical (unpaired) electrons. The lowest BCUT2D eigenvalue weighted by molar-refractivity contribution is 0.256. The number of nitrogens with two attached hydrogens (primary N) is 1. The average molecular weight is 182 g/mol. The Balaban J connectivity index is 1.67. The lowest BCUT2D eigenvalue weighted by Crippen LogP contribution is -2.51. The molecule has 0 atom stereocenters. The van der Waals surface area contributed by atoms with Gasteiger partial charge in [0.15, 0.2) is 0 Å². The standard InChI is InChI=1S/C11H22N2/c12-9-7-11(8-9)13-10-5-3-1-2-4-6-10/h9-11,13H,1-8,12H2. The van der Waals surface area contributed by atoms with Gasteiger partial charge in [-0.15, -0.1) is 0 Å². The van der Waals surface area contributed by atoms with Crippen molar-refractivity contribution in [1.82, 2.24) is 5.32 Å². The highest BCUT2D eigenvalue weighted by molar-refractivity contribution is 4.89. The minimum Gasteiger partial charge on any atom is -0.328 e. The Morgan fingerprint density at radius 3 is 2.00 bits per heavy atom. The van der Waals surface area contributed by atoms with Crippen LogP contribution in [0.4, 0.5) is 0 Å². The van der Waals surface area contributed by atoms with Crippen LogP contribution in [0.1, 0.15) is 51.4 Å². The second kappa shape index (κ2) is 4.43. The molecule has 2 aliphatic carbocycles. The Labute approximate surface area is 81.3 Å². The third kappa shape index (κ3) is 2.68. The highest BCUT2D eigenvalue weighted by Gasteiger charge is 2.27. The largest absolute Gasteiger partial charge is 0.328 e. The van der Waals surface area contributed by atoms with E-state index >= 15 is 0 Å². The Hall–Kier alpha value is -0.0800. The number of nitrogens with one attached hydrogen (secondary N) is 1. The molecule has 0 bridgehead atoms. The van der Waals surface area contributed by atoms with Gasteiger partial charge < -0.3 is 11.1 Å². The highest BCUT2D eigenvalue weighted by Crippen LogP contribution is 2.22. The summed E-state index contributed by atoms with van der Waals surface area (Å²) in [5, 5.41) is 3.75. The molecule has 2 rings (SSSR count). The predicted molar refractivity (Wildman–Crippen MR) is 55.6 cm³/mol. The first-order valence-electron chi connectivity index (χ1n) is 5.86. The molecule has 0 heterocycles. The monoisotopic (exact) mass is 182 g/mol. The van der Waals surface area contributed by atoms with Gasteiger partial charge in [-0.25, -0.2) is 0 Å². The molecule has 0 aliphatic heterocycles. The van der Waals surface area contributed by atoms with Crippen molar-refractivity contribution >= 4 is 0 Å². The van der Waals surface area contributed by atoms with Gasteiger partial charge >= 0.3 is 0 Å². The molecule has 0 aromatic carbocycles. The zero-order valence-electron chi connectivity index (χ0n) is 8.47. The molecule has 3 N–H and O–H groups in total. The van der Waals surface area contributed by atoms with E-state index in [1.54, 1.807) is 0 Å². The molecule has 2 saturated carbocycles. The van der Waals surface area contributed by atoms with Gasteiger partial charge in [0, 0.05) is 18.1 Å². The van der Waals surface area contributed by atoms with Gasteiger partial charge in [0.2, 0.25) is 0 Å². The molecule has 0 aromatic heterocycles. The van der Waals surface area contributed by atoms with Crippen molar-refractivity contribution in [2.75, 3.05) is 0 Å². The van der Waals surface area contributed by atoms with Crippen molar-refractivity contribution in [3.63, 3.8) is 0 Å². The molecule has 2 heteroatoms. The third-order valence-electron chi connectivity index (χ3n) is 3.50. The normalized spacial score (nSPS) is 36.7. The average Bonchev–Trinajstić information content (AvgIpc) is 2.30. The summed E-state index contributed by atoms with van der Waals surface area (Å²) in [5.74, 6) is 0. The quantitative estimate of drug-likeness (QED) is 0.639. The van der Waals surface area contributed by atoms with E-state index in [1.165, 1.54) is 51.4 Å². The summed E-state index contributed by atoms with van der Waals surface area (Å²) in [5.41, 5.74) is 5.76. The van der Waals surface area contributed by atoms with Crippen LogP contribution in [0.5, 0.6) is 0 Å². The number of hydrogen-bond donors (Lipinski definition) is 2. The van der Waals surface area contributed by atoms with Crippen LogP contribution in [0.15, 0.2) is 0 Å². The van der Waals surface area contributed by atoms with Crippen molar-refractivity contribution in [2.24, 2.45) is 5.73 Å². The lowest BCUT2D eigenvalue weighted by Gasteiger charge is -2.36. The predicted octanol–water partition coefficient (Wildman–Crippen LogP) is 1.79. The smallest absolute Gasteiger partial charge is 0.00991 e. The van der Waals surface area contributed by atoms with Crippen molar-refractivity contribution in [3.05, 3.63) is 0 Å². The fraction of sp³-hybridized carbons (Fsp3) is 1.00. The summed E-state index contributed by atoms with van der Waals surface area (Å²) in [6, 6.07) is 2.04. The molecule has 2 aliphatic rings. The van der Waals surface area contributed by atoms with E-state index in [0.29, 0.717) is 6.04 Å². The molecule has 0 aromatic rings. The molecule has 2 nitrogen and oxygen atoms in total. The summed E-state index contributed by atoms with van der Waals surface area (Å²) in [4.78, 5) is 0. The van der Waals surface area contributed by atoms with Crippen LogP contribution < -0.4 is 11.1 Å². The minimum absolute atomic E-state index is 0.489. The number of hydrogen-bond acceptors (Lipinski definition) is 2. The van der Waals surface area contributed by atoms with E-state index < -0.39 is 0 Å². The van der Waals surface area contributed by atoms with E-state index in [9.17, 15) is 0 Å². The van der Waals surface area contributed by atoms with Crippen LogP contribution in [0.25, 0.3) is 0 Å². The maximum absolute atomic E-state index is 5.76. The fourth-order valence-electron chi connectivity index (χ4n) is 2.58. The summed E-state index contributed by atoms with van der Waals surface area (Å²) in [7, 11) is 0. The van der Waals surface area contributed by atoms with Gasteiger partial charge in [0.25, 0.3) is 0 Å². The fourth-order valence-corrected chi connectivity index (χ4v) is 2.58. The third-order valence-corrected chi connectivity index (χ3v) is 3.50. The second-order valence-corrected chi connectivity index (χ2v) is 4.78. The Bertz CT molecular complexity index is 144. The van der Waals surface area contributed by atoms with Crippen molar-refractivity contribution in [2.45, 2.75) is 69.5 Å². The Morgan fingerprint density at radius 1 is 0.846 bits per heavy atom. The molecule has 0 amide bonds. The lowest BCUT2D eigenvalue weighted by atomic mass is 9.86. The van der Waals surface area contributed by atoms with Crippen molar-refractivity contribution in [1.29, 1.82) is 0 Å². The van der Waals surface area contributed by atoms with Crippen LogP contribution in [-0.4, -0.2) is 18.1 Å². The minimum atomic E-state index is 0.489. The molecule has 0 saturated heterocycles. The summed E-state index contributed by atoms with van der Waals surface area (Å²) < 4.78 is 0. The molecule has 2 fully saturated rings. The van der Waals surface area contributed by atoms with E-state index in [2.05, 4.69) is 5.32 Å². The molecular formula is C11H22N2. The summed E-state index contributed by atoms with van der Waals surface area (Å²) in [6.07, 6.45) is 10.9. The van der Waals surface area contributed by atoms with E-state index in [-0.39, 0.29) is 0 Å². The maximum Gasteiger partial charge on any atom is 0.00991 e. The molecule has 13 heavy (non-hydrogen) atoms. The first kappa shape index (κ1) is 9.47. The first-order valence-corrected chi connectivity index (χ1v) is 5.86. The van der Waals surface area contributed by atoms with Gasteiger partial charge in [-0.3, -0.25) is 0 Å². The van der Waals surface area contributed by atoms with Gasteiger partial charge in [-0.2, -0.15) is 0 Å². The Morgan fingerprint density at radius 2 is 1.46 bits per heavy atom. The van der Waals surface area contributed by atoms with Crippen LogP contribution in [0.3, 0.4) is 0 Å². The zero-order chi connectivity index (χ0) is 9.10. The first-order chi connectivity index (χ1) is 6.34. The van der Waals surface area contributed by atoms with Gasteiger partial charge in [0.1, 0.15) is 0 Å². The highest BCUT2D eigenvalue weighted by atomic mass is 15.0. The van der Waals surface area contributed by atoms with Crippen molar-refractivity contribution in [3.8, 4) is 0 Å². The molecule has 76 valence electrons. The molecular weight excluding hydrogens is 160 g/mol. The Kier molecular flexibility index (Phi) is 3.23. The zero-order valence-corrected chi connectivity index (χ0v) is 8.47. The summed E-state index contributed by atoms with van der Waals surface area (Å²) >= 11 is 0. The van der Waals surface area contributed by atoms with E-state index in [1.807, 2.05) is 0 Å². The van der Waals surface area contributed by atoms with Crippen LogP contribution in [0.2, 0.25) is 0 Å². The SMILES string of the molecule is NC1CC(NC2CCCCCC2)C1. The van der Waals surface area contributed by atoms with Gasteiger partial charge in [0.05, 0.1) is 0 Å². The molecule has 0 spiro atoms. The van der Waals surface area contributed by atoms with Gasteiger partial charge in [-0.05, 0) is 25.7 Å². The summed E-state index contributed by atoms with van der Waals surface area (Å²) in [6.45, 7) is 0.